The third kappa shape index (κ3) is 2.42. The van der Waals surface area contributed by atoms with Crippen LogP contribution in [0.2, 0.25) is 0 Å². The molecule has 17 heavy (non-hydrogen) atoms. The summed E-state index contributed by atoms with van der Waals surface area (Å²) in [5, 5.41) is 9.05. The number of benzene rings is 1. The number of carboxylic acids is 1. The van der Waals surface area contributed by atoms with E-state index in [0.29, 0.717) is 25.9 Å². The van der Waals surface area contributed by atoms with Crippen molar-refractivity contribution in [3.05, 3.63) is 29.8 Å². The van der Waals surface area contributed by atoms with Crippen LogP contribution in [-0.2, 0) is 4.79 Å². The van der Waals surface area contributed by atoms with Crippen LogP contribution >= 0.6 is 0 Å². The highest BCUT2D eigenvalue weighted by atomic mass is 16.4. The van der Waals surface area contributed by atoms with Gasteiger partial charge in [0.15, 0.2) is 0 Å². The zero-order valence-corrected chi connectivity index (χ0v) is 10.0. The Balaban J connectivity index is 2.04. The number of hydrogen-bond donors (Lipinski definition) is 2. The second-order valence-electron chi connectivity index (χ2n) is 4.78. The third-order valence-corrected chi connectivity index (χ3v) is 3.48. The number of aliphatic carboxylic acids is 1. The summed E-state index contributed by atoms with van der Waals surface area (Å²) in [6, 6.07) is 8.27. The van der Waals surface area contributed by atoms with E-state index in [2.05, 4.69) is 36.1 Å². The summed E-state index contributed by atoms with van der Waals surface area (Å²) in [6.07, 6.45) is 0.992. The predicted octanol–water partition coefficient (Wildman–Crippen LogP) is 1.38. The number of nitrogens with zero attached hydrogens (tertiary/aromatic N) is 1. The smallest absolute Gasteiger partial charge is 0.323 e. The summed E-state index contributed by atoms with van der Waals surface area (Å²) in [7, 11) is 0. The first-order chi connectivity index (χ1) is 8.01. The van der Waals surface area contributed by atoms with Crippen LogP contribution in [-0.4, -0.2) is 29.7 Å². The van der Waals surface area contributed by atoms with E-state index in [-0.39, 0.29) is 0 Å². The molecule has 1 aliphatic rings. The summed E-state index contributed by atoms with van der Waals surface area (Å²) in [4.78, 5) is 13.2. The van der Waals surface area contributed by atoms with Crippen LogP contribution in [0.25, 0.3) is 0 Å². The maximum Gasteiger partial charge on any atom is 0.323 e. The average Bonchev–Trinajstić information content (AvgIpc) is 2.31. The molecule has 2 rings (SSSR count). The number of aryl methyl sites for hydroxylation is 1. The number of rotatable bonds is 2. The molecule has 3 N–H and O–H groups in total. The number of hydrogen-bond acceptors (Lipinski definition) is 3. The van der Waals surface area contributed by atoms with Gasteiger partial charge in [-0.25, -0.2) is 0 Å². The third-order valence-electron chi connectivity index (χ3n) is 3.48. The Morgan fingerprint density at radius 2 is 1.82 bits per heavy atom. The van der Waals surface area contributed by atoms with Crippen molar-refractivity contribution >= 4 is 11.7 Å². The maximum absolute atomic E-state index is 11.0. The Bertz CT molecular complexity index is 406. The molecule has 0 spiro atoms. The van der Waals surface area contributed by atoms with Gasteiger partial charge in [-0.15, -0.1) is 0 Å². The Hall–Kier alpha value is -1.55. The Labute approximate surface area is 101 Å². The van der Waals surface area contributed by atoms with Crippen LogP contribution in [0.3, 0.4) is 0 Å². The molecular formula is C13H18N2O2. The van der Waals surface area contributed by atoms with E-state index < -0.39 is 11.5 Å². The summed E-state index contributed by atoms with van der Waals surface area (Å²) in [6.45, 7) is 3.45. The van der Waals surface area contributed by atoms with Gasteiger partial charge >= 0.3 is 5.97 Å². The summed E-state index contributed by atoms with van der Waals surface area (Å²) >= 11 is 0. The lowest BCUT2D eigenvalue weighted by Gasteiger charge is -2.37. The van der Waals surface area contributed by atoms with Crippen molar-refractivity contribution in [1.82, 2.24) is 0 Å². The van der Waals surface area contributed by atoms with Gasteiger partial charge < -0.3 is 15.7 Å². The SMILES string of the molecule is Cc1ccc(N2CCC(N)(C(=O)O)CC2)cc1. The summed E-state index contributed by atoms with van der Waals surface area (Å²) in [5.41, 5.74) is 7.17. The van der Waals surface area contributed by atoms with Gasteiger partial charge in [-0.3, -0.25) is 4.79 Å². The van der Waals surface area contributed by atoms with Crippen molar-refractivity contribution in [2.75, 3.05) is 18.0 Å². The van der Waals surface area contributed by atoms with Crippen molar-refractivity contribution in [3.8, 4) is 0 Å². The highest BCUT2D eigenvalue weighted by molar-refractivity contribution is 5.79. The lowest BCUT2D eigenvalue weighted by atomic mass is 9.88. The van der Waals surface area contributed by atoms with Gasteiger partial charge in [-0.1, -0.05) is 17.7 Å². The van der Waals surface area contributed by atoms with Crippen LogP contribution in [0.15, 0.2) is 24.3 Å². The molecule has 4 nitrogen and oxygen atoms in total. The molecule has 1 saturated heterocycles. The van der Waals surface area contributed by atoms with Crippen LogP contribution in [0.1, 0.15) is 18.4 Å². The second kappa shape index (κ2) is 4.37. The molecule has 0 saturated carbocycles. The molecule has 0 aromatic heterocycles. The Kier molecular flexibility index (Phi) is 3.07. The van der Waals surface area contributed by atoms with Gasteiger partial charge in [0.1, 0.15) is 5.54 Å². The first-order valence-electron chi connectivity index (χ1n) is 5.85. The fourth-order valence-electron chi connectivity index (χ4n) is 2.13. The van der Waals surface area contributed by atoms with Gasteiger partial charge in [0, 0.05) is 18.8 Å². The molecule has 0 atom stereocenters. The molecule has 1 aromatic rings. The normalized spacial score (nSPS) is 19.1. The zero-order valence-electron chi connectivity index (χ0n) is 10.0. The first-order valence-corrected chi connectivity index (χ1v) is 5.85. The monoisotopic (exact) mass is 234 g/mol. The van der Waals surface area contributed by atoms with Crippen LogP contribution in [0.4, 0.5) is 5.69 Å². The minimum Gasteiger partial charge on any atom is -0.480 e. The number of carboxylic acid groups (broad SMARTS) is 1. The van der Waals surface area contributed by atoms with Gasteiger partial charge in [0.05, 0.1) is 0 Å². The topological polar surface area (TPSA) is 66.6 Å². The van der Waals surface area contributed by atoms with E-state index in [1.807, 2.05) is 0 Å². The van der Waals surface area contributed by atoms with Crippen molar-refractivity contribution in [3.63, 3.8) is 0 Å². The molecular weight excluding hydrogens is 216 g/mol. The number of nitrogens with two attached hydrogens (primary N) is 1. The molecule has 92 valence electrons. The molecule has 0 bridgehead atoms. The van der Waals surface area contributed by atoms with E-state index in [0.717, 1.165) is 5.69 Å². The Morgan fingerprint density at radius 1 is 1.29 bits per heavy atom. The van der Waals surface area contributed by atoms with Crippen LogP contribution in [0.5, 0.6) is 0 Å². The van der Waals surface area contributed by atoms with Crippen LogP contribution < -0.4 is 10.6 Å². The van der Waals surface area contributed by atoms with Gasteiger partial charge in [-0.05, 0) is 31.9 Å². The first kappa shape index (κ1) is 11.9. The van der Waals surface area contributed by atoms with E-state index in [1.54, 1.807) is 0 Å². The van der Waals surface area contributed by atoms with Crippen molar-refractivity contribution in [2.45, 2.75) is 25.3 Å². The zero-order chi connectivity index (χ0) is 12.5. The van der Waals surface area contributed by atoms with Gasteiger partial charge in [0.25, 0.3) is 0 Å². The molecule has 1 heterocycles. The van der Waals surface area contributed by atoms with Crippen molar-refractivity contribution in [2.24, 2.45) is 5.73 Å². The number of piperidine rings is 1. The largest absolute Gasteiger partial charge is 0.480 e. The molecule has 0 radical (unpaired) electrons. The Morgan fingerprint density at radius 3 is 2.29 bits per heavy atom. The quantitative estimate of drug-likeness (QED) is 0.811. The minimum absolute atomic E-state index is 0.496. The average molecular weight is 234 g/mol. The maximum atomic E-state index is 11.0. The molecule has 1 aromatic carbocycles. The molecule has 1 fully saturated rings. The minimum atomic E-state index is -1.04. The number of carbonyl (C=O) groups is 1. The van der Waals surface area contributed by atoms with Crippen LogP contribution in [0, 0.1) is 6.92 Å². The molecule has 0 aliphatic carbocycles. The van der Waals surface area contributed by atoms with E-state index in [9.17, 15) is 4.79 Å². The fraction of sp³-hybridized carbons (Fsp3) is 0.462. The number of anilines is 1. The van der Waals surface area contributed by atoms with Gasteiger partial charge in [-0.2, -0.15) is 0 Å². The summed E-state index contributed by atoms with van der Waals surface area (Å²) < 4.78 is 0. The van der Waals surface area contributed by atoms with Crippen molar-refractivity contribution in [1.29, 1.82) is 0 Å². The molecule has 4 heteroatoms. The molecule has 1 aliphatic heterocycles. The van der Waals surface area contributed by atoms with E-state index in [4.69, 9.17) is 10.8 Å². The standard InChI is InChI=1S/C13H18N2O2/c1-10-2-4-11(5-3-10)15-8-6-13(14,7-9-15)12(16)17/h2-5H,6-9,14H2,1H3,(H,16,17). The lowest BCUT2D eigenvalue weighted by molar-refractivity contribution is -0.144. The fourth-order valence-corrected chi connectivity index (χ4v) is 2.13. The van der Waals surface area contributed by atoms with E-state index >= 15 is 0 Å². The highest BCUT2D eigenvalue weighted by Gasteiger charge is 2.37. The molecule has 0 amide bonds. The highest BCUT2D eigenvalue weighted by Crippen LogP contribution is 2.25. The molecule has 0 unspecified atom stereocenters. The predicted molar refractivity (Wildman–Crippen MR) is 67.2 cm³/mol. The summed E-state index contributed by atoms with van der Waals surface area (Å²) in [5.74, 6) is -0.888. The lowest BCUT2D eigenvalue weighted by Crippen LogP contribution is -2.55. The van der Waals surface area contributed by atoms with Crippen molar-refractivity contribution < 1.29 is 9.90 Å². The second-order valence-corrected chi connectivity index (χ2v) is 4.78. The van der Waals surface area contributed by atoms with E-state index in [1.165, 1.54) is 5.56 Å². The van der Waals surface area contributed by atoms with Gasteiger partial charge in [0.2, 0.25) is 0 Å².